The summed E-state index contributed by atoms with van der Waals surface area (Å²) in [5, 5.41) is 0. The molecule has 0 N–H and O–H groups in total. The molecule has 0 saturated heterocycles. The number of likely N-dealkylation sites (N-methyl/N-ethyl adjacent to an activating group) is 1. The van der Waals surface area contributed by atoms with Crippen LogP contribution in [0.5, 0.6) is 0 Å². The molecule has 8 nitrogen and oxygen atoms in total. The molecule has 2 atom stereocenters. The minimum Gasteiger partial charge on any atom is -0.756 e. The maximum atomic E-state index is 12.8. The summed E-state index contributed by atoms with van der Waals surface area (Å²) < 4.78 is 34.9. The number of hydrogen-bond acceptors (Lipinski definition) is 7. The quantitative estimate of drug-likeness (QED) is 0.0197. The molecular formula is C58H114NO7P. The van der Waals surface area contributed by atoms with Crippen LogP contribution in [0.1, 0.15) is 284 Å². The predicted octanol–water partition coefficient (Wildman–Crippen LogP) is 17.7. The van der Waals surface area contributed by atoms with Crippen LogP contribution in [-0.2, 0) is 27.9 Å². The van der Waals surface area contributed by atoms with E-state index in [1.54, 1.807) is 0 Å². The lowest BCUT2D eigenvalue weighted by molar-refractivity contribution is -0.870. The van der Waals surface area contributed by atoms with Crippen molar-refractivity contribution in [2.24, 2.45) is 0 Å². The second kappa shape index (κ2) is 51.3. The summed E-state index contributed by atoms with van der Waals surface area (Å²) >= 11 is 0. The first-order chi connectivity index (χ1) is 32.6. The van der Waals surface area contributed by atoms with Crippen LogP contribution in [0.3, 0.4) is 0 Å². The molecular weight excluding hydrogens is 854 g/mol. The molecule has 0 aliphatic rings. The Hall–Kier alpha value is -1.02. The zero-order valence-electron chi connectivity index (χ0n) is 45.4. The standard InChI is InChI=1S/C58H114NO7P/c1-6-8-10-12-14-16-18-20-22-24-26-28-29-30-31-32-33-35-37-39-41-43-45-47-49-51-58(60)66-57(56-65-67(61,62)64-54-52-59(3,4)5)55-63-53-50-48-46-44-42-40-38-36-34-27-25-23-21-19-17-15-13-11-9-7-2/h18,20,24,26,57H,6-17,19,21-23,25,27-56H2,1-5H3/b20-18-,26-24-. The van der Waals surface area contributed by atoms with Crippen LogP contribution in [-0.4, -0.2) is 70.7 Å². The minimum atomic E-state index is -4.53. The van der Waals surface area contributed by atoms with Gasteiger partial charge in [-0.25, -0.2) is 0 Å². The van der Waals surface area contributed by atoms with E-state index in [4.69, 9.17) is 18.5 Å². The van der Waals surface area contributed by atoms with E-state index in [-0.39, 0.29) is 25.8 Å². The Balaban J connectivity index is 4.03. The van der Waals surface area contributed by atoms with E-state index >= 15 is 0 Å². The fourth-order valence-electron chi connectivity index (χ4n) is 8.52. The molecule has 0 saturated carbocycles. The van der Waals surface area contributed by atoms with Crippen molar-refractivity contribution in [3.05, 3.63) is 24.3 Å². The molecule has 398 valence electrons. The number of hydrogen-bond donors (Lipinski definition) is 0. The van der Waals surface area contributed by atoms with Crippen molar-refractivity contribution < 1.29 is 37.3 Å². The van der Waals surface area contributed by atoms with E-state index in [0.717, 1.165) is 38.5 Å². The van der Waals surface area contributed by atoms with Crippen LogP contribution >= 0.6 is 7.82 Å². The number of rotatable bonds is 55. The SMILES string of the molecule is CCCCCCC/C=C\C/C=C\CCCCCCCCCCCCCCCC(=O)OC(COCCCCCCCCCCCCCCCCCCCCCC)COP(=O)([O-])OCC[N+](C)(C)C. The van der Waals surface area contributed by atoms with Gasteiger partial charge in [-0.1, -0.05) is 256 Å². The summed E-state index contributed by atoms with van der Waals surface area (Å²) in [5.41, 5.74) is 0. The molecule has 0 radical (unpaired) electrons. The number of quaternary nitrogens is 1. The van der Waals surface area contributed by atoms with Crippen molar-refractivity contribution in [2.45, 2.75) is 290 Å². The van der Waals surface area contributed by atoms with Gasteiger partial charge in [-0.15, -0.1) is 0 Å². The van der Waals surface area contributed by atoms with Gasteiger partial charge in [0.25, 0.3) is 7.82 Å². The number of carbonyl (C=O) groups is 1. The predicted molar refractivity (Wildman–Crippen MR) is 287 cm³/mol. The van der Waals surface area contributed by atoms with Crippen LogP contribution in [0.25, 0.3) is 0 Å². The number of ether oxygens (including phenoxy) is 2. The van der Waals surface area contributed by atoms with Crippen molar-refractivity contribution in [3.8, 4) is 0 Å². The van der Waals surface area contributed by atoms with Gasteiger partial charge in [-0.3, -0.25) is 9.36 Å². The third-order valence-corrected chi connectivity index (χ3v) is 14.0. The minimum absolute atomic E-state index is 0.0290. The number of esters is 1. The van der Waals surface area contributed by atoms with Crippen molar-refractivity contribution in [1.29, 1.82) is 0 Å². The third-order valence-electron chi connectivity index (χ3n) is 13.0. The summed E-state index contributed by atoms with van der Waals surface area (Å²) in [6, 6.07) is 0. The highest BCUT2D eigenvalue weighted by atomic mass is 31.2. The molecule has 9 heteroatoms. The van der Waals surface area contributed by atoms with E-state index in [1.807, 2.05) is 21.1 Å². The number of phosphoric ester groups is 1. The third kappa shape index (κ3) is 55.8. The summed E-state index contributed by atoms with van der Waals surface area (Å²) in [4.78, 5) is 25.3. The Morgan fingerprint density at radius 1 is 0.463 bits per heavy atom. The molecule has 0 aromatic rings. The highest BCUT2D eigenvalue weighted by Gasteiger charge is 2.20. The van der Waals surface area contributed by atoms with Gasteiger partial charge in [-0.2, -0.15) is 0 Å². The Kier molecular flexibility index (Phi) is 50.6. The molecule has 2 unspecified atom stereocenters. The zero-order chi connectivity index (χ0) is 49.0. The Bertz CT molecular complexity index is 1120. The van der Waals surface area contributed by atoms with E-state index in [1.165, 1.54) is 225 Å². The molecule has 0 bridgehead atoms. The van der Waals surface area contributed by atoms with E-state index in [0.29, 0.717) is 24.1 Å². The van der Waals surface area contributed by atoms with E-state index in [9.17, 15) is 14.3 Å². The van der Waals surface area contributed by atoms with Gasteiger partial charge in [-0.05, 0) is 44.9 Å². The molecule has 0 aromatic carbocycles. The number of allylic oxidation sites excluding steroid dienone is 4. The van der Waals surface area contributed by atoms with Gasteiger partial charge in [0.15, 0.2) is 0 Å². The molecule has 0 heterocycles. The lowest BCUT2D eigenvalue weighted by atomic mass is 10.0. The highest BCUT2D eigenvalue weighted by Crippen LogP contribution is 2.38. The van der Waals surface area contributed by atoms with Crippen molar-refractivity contribution in [3.63, 3.8) is 0 Å². The average molecular weight is 969 g/mol. The topological polar surface area (TPSA) is 94.1 Å². The summed E-state index contributed by atoms with van der Waals surface area (Å²) in [5.74, 6) is -0.328. The van der Waals surface area contributed by atoms with Crippen molar-refractivity contribution in [1.82, 2.24) is 0 Å². The maximum Gasteiger partial charge on any atom is 0.306 e. The first-order valence-corrected chi connectivity index (χ1v) is 30.5. The number of nitrogens with zero attached hydrogens (tertiary/aromatic N) is 1. The van der Waals surface area contributed by atoms with Crippen molar-refractivity contribution in [2.75, 3.05) is 54.1 Å². The molecule has 67 heavy (non-hydrogen) atoms. The number of carbonyl (C=O) groups excluding carboxylic acids is 1. The van der Waals surface area contributed by atoms with E-state index in [2.05, 4.69) is 38.2 Å². The maximum absolute atomic E-state index is 12.8. The van der Waals surface area contributed by atoms with Gasteiger partial charge in [0.2, 0.25) is 0 Å². The lowest BCUT2D eigenvalue weighted by Crippen LogP contribution is -2.37. The molecule has 0 rings (SSSR count). The fourth-order valence-corrected chi connectivity index (χ4v) is 9.25. The monoisotopic (exact) mass is 968 g/mol. The molecule has 0 spiro atoms. The number of phosphoric acid groups is 1. The lowest BCUT2D eigenvalue weighted by Gasteiger charge is -2.28. The summed E-state index contributed by atoms with van der Waals surface area (Å²) in [6.45, 7) is 5.47. The van der Waals surface area contributed by atoms with Gasteiger partial charge in [0, 0.05) is 13.0 Å². The van der Waals surface area contributed by atoms with E-state index < -0.39 is 13.9 Å². The second-order valence-electron chi connectivity index (χ2n) is 21.0. The van der Waals surface area contributed by atoms with Crippen LogP contribution in [0, 0.1) is 0 Å². The van der Waals surface area contributed by atoms with Gasteiger partial charge >= 0.3 is 5.97 Å². The highest BCUT2D eigenvalue weighted by molar-refractivity contribution is 7.45. The molecule has 0 aliphatic carbocycles. The zero-order valence-corrected chi connectivity index (χ0v) is 46.3. The van der Waals surface area contributed by atoms with Gasteiger partial charge < -0.3 is 27.9 Å². The largest absolute Gasteiger partial charge is 0.756 e. The number of unbranched alkanes of at least 4 members (excludes halogenated alkanes) is 37. The smallest absolute Gasteiger partial charge is 0.306 e. The Morgan fingerprint density at radius 2 is 0.821 bits per heavy atom. The van der Waals surface area contributed by atoms with Crippen LogP contribution in [0.15, 0.2) is 24.3 Å². The first-order valence-electron chi connectivity index (χ1n) is 29.1. The first kappa shape index (κ1) is 66.0. The fraction of sp³-hybridized carbons (Fsp3) is 0.914. The van der Waals surface area contributed by atoms with Gasteiger partial charge in [0.05, 0.1) is 34.4 Å². The second-order valence-corrected chi connectivity index (χ2v) is 22.4. The average Bonchev–Trinajstić information content (AvgIpc) is 3.29. The van der Waals surface area contributed by atoms with Crippen LogP contribution in [0.2, 0.25) is 0 Å². The molecule has 0 aromatic heterocycles. The molecule has 0 fully saturated rings. The molecule has 0 aliphatic heterocycles. The van der Waals surface area contributed by atoms with Crippen molar-refractivity contribution >= 4 is 13.8 Å². The normalized spacial score (nSPS) is 13.6. The summed E-state index contributed by atoms with van der Waals surface area (Å²) in [7, 11) is 1.37. The van der Waals surface area contributed by atoms with Gasteiger partial charge in [0.1, 0.15) is 19.3 Å². The Morgan fingerprint density at radius 3 is 1.21 bits per heavy atom. The summed E-state index contributed by atoms with van der Waals surface area (Å²) in [6.07, 6.45) is 62.2. The molecule has 0 amide bonds. The van der Waals surface area contributed by atoms with Crippen LogP contribution < -0.4 is 4.89 Å². The van der Waals surface area contributed by atoms with Crippen LogP contribution in [0.4, 0.5) is 0 Å². The Labute approximate surface area is 417 Å².